The molecule has 6 nitrogen and oxygen atoms in total. The molecule has 1 aromatic carbocycles. The minimum absolute atomic E-state index is 0.00786. The van der Waals surface area contributed by atoms with Gasteiger partial charge in [0.2, 0.25) is 0 Å². The first-order chi connectivity index (χ1) is 12.5. The van der Waals surface area contributed by atoms with Crippen LogP contribution in [0.1, 0.15) is 57.9 Å². The fourth-order valence-electron chi connectivity index (χ4n) is 3.11. The average molecular weight is 354 g/mol. The summed E-state index contributed by atoms with van der Waals surface area (Å²) in [5.74, 6) is 0.243. The molecule has 1 aliphatic rings. The monoisotopic (exact) mass is 354 g/mol. The maximum atomic E-state index is 12.8. The van der Waals surface area contributed by atoms with E-state index in [1.807, 2.05) is 31.2 Å². The second-order valence-corrected chi connectivity index (χ2v) is 7.10. The van der Waals surface area contributed by atoms with Crippen molar-refractivity contribution in [2.45, 2.75) is 40.2 Å². The van der Waals surface area contributed by atoms with Gasteiger partial charge in [-0.05, 0) is 25.0 Å². The summed E-state index contributed by atoms with van der Waals surface area (Å²) in [7, 11) is 0. The van der Waals surface area contributed by atoms with E-state index in [-0.39, 0.29) is 11.8 Å². The number of hydrogen-bond donors (Lipinski definition) is 2. The fraction of sp³-hybridized carbons (Fsp3) is 0.450. The number of amides is 2. The van der Waals surface area contributed by atoms with Crippen molar-refractivity contribution < 1.29 is 9.59 Å². The summed E-state index contributed by atoms with van der Waals surface area (Å²) >= 11 is 0. The second-order valence-electron chi connectivity index (χ2n) is 7.10. The van der Waals surface area contributed by atoms with E-state index < -0.39 is 0 Å². The van der Waals surface area contributed by atoms with Gasteiger partial charge >= 0.3 is 0 Å². The van der Waals surface area contributed by atoms with Gasteiger partial charge < -0.3 is 10.2 Å². The van der Waals surface area contributed by atoms with Gasteiger partial charge in [0, 0.05) is 36.3 Å². The van der Waals surface area contributed by atoms with Gasteiger partial charge in [-0.2, -0.15) is 5.10 Å². The normalized spacial score (nSPS) is 14.7. The number of H-pyrrole nitrogens is 1. The van der Waals surface area contributed by atoms with Crippen LogP contribution in [0, 0.1) is 12.8 Å². The highest BCUT2D eigenvalue weighted by molar-refractivity contribution is 5.96. The Morgan fingerprint density at radius 1 is 1.38 bits per heavy atom. The molecule has 2 aromatic rings. The van der Waals surface area contributed by atoms with Crippen molar-refractivity contribution in [3.8, 4) is 0 Å². The molecule has 0 radical (unpaired) electrons. The Morgan fingerprint density at radius 3 is 2.92 bits per heavy atom. The first-order valence-corrected chi connectivity index (χ1v) is 9.19. The third-order valence-corrected chi connectivity index (χ3v) is 5.01. The average Bonchev–Trinajstić information content (AvgIpc) is 3.08. The van der Waals surface area contributed by atoms with Crippen LogP contribution in [0.3, 0.4) is 0 Å². The lowest BCUT2D eigenvalue weighted by molar-refractivity contribution is 0.0731. The lowest BCUT2D eigenvalue weighted by atomic mass is 10.0. The zero-order valence-corrected chi connectivity index (χ0v) is 15.6. The Labute approximate surface area is 154 Å². The molecule has 0 saturated heterocycles. The van der Waals surface area contributed by atoms with E-state index in [0.29, 0.717) is 43.2 Å². The number of hydrogen-bond acceptors (Lipinski definition) is 3. The Kier molecular flexibility index (Phi) is 5.40. The van der Waals surface area contributed by atoms with Crippen LogP contribution >= 0.6 is 0 Å². The van der Waals surface area contributed by atoms with Gasteiger partial charge in [-0.1, -0.05) is 38.0 Å². The van der Waals surface area contributed by atoms with Gasteiger partial charge in [-0.25, -0.2) is 0 Å². The van der Waals surface area contributed by atoms with Crippen molar-refractivity contribution in [1.82, 2.24) is 20.4 Å². The highest BCUT2D eigenvalue weighted by Crippen LogP contribution is 2.22. The van der Waals surface area contributed by atoms with Crippen LogP contribution in [0.25, 0.3) is 0 Å². The summed E-state index contributed by atoms with van der Waals surface area (Å²) < 4.78 is 0. The molecule has 0 aliphatic carbocycles. The minimum Gasteiger partial charge on any atom is -0.350 e. The van der Waals surface area contributed by atoms with Crippen molar-refractivity contribution in [3.05, 3.63) is 52.3 Å². The Balaban J connectivity index is 1.74. The minimum atomic E-state index is -0.173. The summed E-state index contributed by atoms with van der Waals surface area (Å²) in [5, 5.41) is 10.1. The quantitative estimate of drug-likeness (QED) is 0.866. The standard InChI is InChI=1S/C20H26N4O2/c1-4-13(2)11-21-19(25)18-16-12-24(9-8-17(16)22-23-18)20(26)15-7-5-6-14(3)10-15/h5-7,10,13H,4,8-9,11-12H2,1-3H3,(H,21,25)(H,22,23). The smallest absolute Gasteiger partial charge is 0.272 e. The summed E-state index contributed by atoms with van der Waals surface area (Å²) in [5.41, 5.74) is 3.93. The first kappa shape index (κ1) is 18.2. The van der Waals surface area contributed by atoms with Crippen LogP contribution < -0.4 is 5.32 Å². The van der Waals surface area contributed by atoms with E-state index in [0.717, 1.165) is 23.2 Å². The summed E-state index contributed by atoms with van der Waals surface area (Å²) in [6.07, 6.45) is 1.69. The molecule has 1 unspecified atom stereocenters. The van der Waals surface area contributed by atoms with Crippen LogP contribution in [0.15, 0.2) is 24.3 Å². The third kappa shape index (κ3) is 3.79. The van der Waals surface area contributed by atoms with Gasteiger partial charge in [0.25, 0.3) is 11.8 Å². The molecular weight excluding hydrogens is 328 g/mol. The number of aromatic nitrogens is 2. The molecule has 138 valence electrons. The number of aryl methyl sites for hydroxylation is 1. The lowest BCUT2D eigenvalue weighted by Crippen LogP contribution is -2.37. The number of rotatable bonds is 5. The Morgan fingerprint density at radius 2 is 2.19 bits per heavy atom. The van der Waals surface area contributed by atoms with E-state index >= 15 is 0 Å². The number of carbonyl (C=O) groups is 2. The van der Waals surface area contributed by atoms with Crippen molar-refractivity contribution in [1.29, 1.82) is 0 Å². The van der Waals surface area contributed by atoms with E-state index in [1.165, 1.54) is 0 Å². The van der Waals surface area contributed by atoms with E-state index in [2.05, 4.69) is 29.4 Å². The molecular formula is C20H26N4O2. The van der Waals surface area contributed by atoms with Gasteiger partial charge in [-0.15, -0.1) is 0 Å². The molecule has 2 N–H and O–H groups in total. The first-order valence-electron chi connectivity index (χ1n) is 9.19. The highest BCUT2D eigenvalue weighted by atomic mass is 16.2. The zero-order valence-electron chi connectivity index (χ0n) is 15.6. The topological polar surface area (TPSA) is 78.1 Å². The van der Waals surface area contributed by atoms with Crippen LogP contribution in [0.5, 0.6) is 0 Å². The molecule has 3 rings (SSSR count). The second kappa shape index (κ2) is 7.72. The van der Waals surface area contributed by atoms with Gasteiger partial charge in [0.05, 0.1) is 6.54 Å². The Bertz CT molecular complexity index is 812. The molecule has 0 fully saturated rings. The summed E-state index contributed by atoms with van der Waals surface area (Å²) in [6.45, 7) is 7.83. The molecule has 6 heteroatoms. The van der Waals surface area contributed by atoms with Crippen molar-refractivity contribution >= 4 is 11.8 Å². The predicted molar refractivity (Wildman–Crippen MR) is 100.0 cm³/mol. The fourth-order valence-corrected chi connectivity index (χ4v) is 3.11. The number of aromatic amines is 1. The molecule has 0 saturated carbocycles. The van der Waals surface area contributed by atoms with Crippen LogP contribution in [0.2, 0.25) is 0 Å². The van der Waals surface area contributed by atoms with Crippen molar-refractivity contribution in [2.24, 2.45) is 5.92 Å². The molecule has 2 heterocycles. The molecule has 1 aromatic heterocycles. The van der Waals surface area contributed by atoms with Crippen molar-refractivity contribution in [3.63, 3.8) is 0 Å². The number of nitrogens with one attached hydrogen (secondary N) is 2. The molecule has 0 spiro atoms. The molecule has 26 heavy (non-hydrogen) atoms. The third-order valence-electron chi connectivity index (χ3n) is 5.01. The van der Waals surface area contributed by atoms with Crippen LogP contribution in [0.4, 0.5) is 0 Å². The van der Waals surface area contributed by atoms with Gasteiger partial charge in [-0.3, -0.25) is 14.7 Å². The largest absolute Gasteiger partial charge is 0.350 e. The van der Waals surface area contributed by atoms with E-state index in [1.54, 1.807) is 4.90 Å². The zero-order chi connectivity index (χ0) is 18.7. The van der Waals surface area contributed by atoms with Crippen LogP contribution in [-0.4, -0.2) is 40.0 Å². The molecule has 1 aliphatic heterocycles. The predicted octanol–water partition coefficient (Wildman–Crippen LogP) is 2.69. The number of carbonyl (C=O) groups excluding carboxylic acids is 2. The highest BCUT2D eigenvalue weighted by Gasteiger charge is 2.28. The molecule has 1 atom stereocenters. The number of benzene rings is 1. The number of nitrogens with zero attached hydrogens (tertiary/aromatic N) is 2. The SMILES string of the molecule is CCC(C)CNC(=O)c1n[nH]c2c1CN(C(=O)c1cccc(C)c1)CC2. The van der Waals surface area contributed by atoms with E-state index in [9.17, 15) is 9.59 Å². The summed E-state index contributed by atoms with van der Waals surface area (Å²) in [6, 6.07) is 7.59. The van der Waals surface area contributed by atoms with E-state index in [4.69, 9.17) is 0 Å². The summed E-state index contributed by atoms with van der Waals surface area (Å²) in [4.78, 5) is 27.1. The maximum Gasteiger partial charge on any atom is 0.272 e. The Hall–Kier alpha value is -2.63. The number of fused-ring (bicyclic) bond motifs is 1. The molecule has 0 bridgehead atoms. The van der Waals surface area contributed by atoms with Crippen LogP contribution in [-0.2, 0) is 13.0 Å². The maximum absolute atomic E-state index is 12.8. The molecule has 2 amide bonds. The van der Waals surface area contributed by atoms with Crippen molar-refractivity contribution in [2.75, 3.05) is 13.1 Å². The van der Waals surface area contributed by atoms with Gasteiger partial charge in [0.1, 0.15) is 0 Å². The van der Waals surface area contributed by atoms with Gasteiger partial charge in [0.15, 0.2) is 5.69 Å². The lowest BCUT2D eigenvalue weighted by Gasteiger charge is -2.27.